The molecule has 0 aliphatic heterocycles. The van der Waals surface area contributed by atoms with Crippen LogP contribution in [0.4, 0.5) is 4.39 Å². The van der Waals surface area contributed by atoms with Crippen molar-refractivity contribution in [2.45, 2.75) is 34.6 Å². The molecule has 1 amide bonds. The van der Waals surface area contributed by atoms with Crippen molar-refractivity contribution in [3.05, 3.63) is 12.2 Å². The molecule has 0 atom stereocenters. The van der Waals surface area contributed by atoms with Crippen LogP contribution >= 0.6 is 0 Å². The summed E-state index contributed by atoms with van der Waals surface area (Å²) in [6.45, 7) is 8.87. The summed E-state index contributed by atoms with van der Waals surface area (Å²) in [5, 5.41) is 2.61. The molecule has 1 N–H and O–H groups in total. The Balaban J connectivity index is 0. The lowest BCUT2D eigenvalue weighted by Crippen LogP contribution is -2.38. The van der Waals surface area contributed by atoms with Crippen LogP contribution < -0.4 is 5.32 Å². The molecule has 0 heterocycles. The molecule has 3 heteroatoms. The lowest BCUT2D eigenvalue weighted by molar-refractivity contribution is -0.129. The first kappa shape index (κ1) is 15.6. The molecule has 0 aliphatic carbocycles. The Morgan fingerprint density at radius 1 is 1.43 bits per heavy atom. The SMILES string of the molecule is C/C=C/CNC(=O)C(C)(C)CF.CC. The minimum absolute atomic E-state index is 0.247. The maximum Gasteiger partial charge on any atom is 0.228 e. The van der Waals surface area contributed by atoms with Gasteiger partial charge in [0.1, 0.15) is 6.67 Å². The van der Waals surface area contributed by atoms with Crippen molar-refractivity contribution in [1.82, 2.24) is 5.32 Å². The molecule has 2 nitrogen and oxygen atoms in total. The number of hydrogen-bond donors (Lipinski definition) is 1. The average Bonchev–Trinajstić information content (AvgIpc) is 2.21. The van der Waals surface area contributed by atoms with Crippen LogP contribution in [0.2, 0.25) is 0 Å². The Morgan fingerprint density at radius 2 is 1.93 bits per heavy atom. The lowest BCUT2D eigenvalue weighted by atomic mass is 9.94. The third-order valence-corrected chi connectivity index (χ3v) is 1.56. The van der Waals surface area contributed by atoms with Gasteiger partial charge in [-0.25, -0.2) is 4.39 Å². The number of rotatable bonds is 4. The van der Waals surface area contributed by atoms with Gasteiger partial charge in [0, 0.05) is 6.54 Å². The summed E-state index contributed by atoms with van der Waals surface area (Å²) in [7, 11) is 0. The molecule has 0 aromatic heterocycles. The maximum absolute atomic E-state index is 12.3. The fourth-order valence-corrected chi connectivity index (χ4v) is 0.569. The van der Waals surface area contributed by atoms with E-state index in [9.17, 15) is 9.18 Å². The van der Waals surface area contributed by atoms with Crippen molar-refractivity contribution in [1.29, 1.82) is 0 Å². The molecule has 0 radical (unpaired) electrons. The molecule has 0 unspecified atom stereocenters. The van der Waals surface area contributed by atoms with E-state index in [1.54, 1.807) is 13.8 Å². The van der Waals surface area contributed by atoms with E-state index in [0.29, 0.717) is 6.54 Å². The fraction of sp³-hybridized carbons (Fsp3) is 0.727. The van der Waals surface area contributed by atoms with Gasteiger partial charge in [0.05, 0.1) is 5.41 Å². The van der Waals surface area contributed by atoms with E-state index in [1.165, 1.54) is 0 Å². The van der Waals surface area contributed by atoms with E-state index in [1.807, 2.05) is 32.9 Å². The van der Waals surface area contributed by atoms with Gasteiger partial charge in [-0.1, -0.05) is 26.0 Å². The number of alkyl halides is 1. The Bertz CT molecular complexity index is 176. The highest BCUT2D eigenvalue weighted by Crippen LogP contribution is 2.14. The Kier molecular flexibility index (Phi) is 9.73. The number of carbonyl (C=O) groups is 1. The van der Waals surface area contributed by atoms with Gasteiger partial charge in [-0.15, -0.1) is 0 Å². The number of nitrogens with one attached hydrogen (secondary N) is 1. The maximum atomic E-state index is 12.3. The van der Waals surface area contributed by atoms with Crippen molar-refractivity contribution >= 4 is 5.91 Å². The van der Waals surface area contributed by atoms with Crippen LogP contribution in [0.1, 0.15) is 34.6 Å². The molecule has 0 aromatic rings. The molecule has 0 saturated carbocycles. The van der Waals surface area contributed by atoms with Crippen molar-refractivity contribution in [3.63, 3.8) is 0 Å². The van der Waals surface area contributed by atoms with Crippen LogP contribution in [-0.2, 0) is 4.79 Å². The minimum atomic E-state index is -0.901. The molecule has 0 bridgehead atoms. The normalized spacial score (nSPS) is 10.7. The molecule has 0 rings (SSSR count). The summed E-state index contributed by atoms with van der Waals surface area (Å²) in [5.41, 5.74) is -0.901. The van der Waals surface area contributed by atoms with Gasteiger partial charge < -0.3 is 5.32 Å². The molecule has 0 saturated heterocycles. The smallest absolute Gasteiger partial charge is 0.228 e. The van der Waals surface area contributed by atoms with Crippen LogP contribution in [0.15, 0.2) is 12.2 Å². The molecule has 0 aliphatic rings. The monoisotopic (exact) mass is 203 g/mol. The van der Waals surface area contributed by atoms with Crippen LogP contribution in [0.3, 0.4) is 0 Å². The summed E-state index contributed by atoms with van der Waals surface area (Å²) in [6, 6.07) is 0. The van der Waals surface area contributed by atoms with Gasteiger partial charge in [-0.2, -0.15) is 0 Å². The van der Waals surface area contributed by atoms with Gasteiger partial charge in [-0.3, -0.25) is 4.79 Å². The molecule has 0 spiro atoms. The second-order valence-corrected chi connectivity index (χ2v) is 3.30. The van der Waals surface area contributed by atoms with Crippen molar-refractivity contribution in [2.24, 2.45) is 5.41 Å². The van der Waals surface area contributed by atoms with E-state index >= 15 is 0 Å². The van der Waals surface area contributed by atoms with Crippen LogP contribution in [0.25, 0.3) is 0 Å². The molecule has 0 fully saturated rings. The third kappa shape index (κ3) is 6.63. The van der Waals surface area contributed by atoms with Crippen molar-refractivity contribution in [3.8, 4) is 0 Å². The Labute approximate surface area is 86.6 Å². The largest absolute Gasteiger partial charge is 0.352 e. The van der Waals surface area contributed by atoms with Crippen LogP contribution in [-0.4, -0.2) is 19.1 Å². The molecule has 84 valence electrons. The zero-order valence-corrected chi connectivity index (χ0v) is 9.86. The van der Waals surface area contributed by atoms with Gasteiger partial charge in [0.25, 0.3) is 0 Å². The van der Waals surface area contributed by atoms with E-state index in [2.05, 4.69) is 5.32 Å². The Morgan fingerprint density at radius 3 is 2.29 bits per heavy atom. The van der Waals surface area contributed by atoms with Crippen LogP contribution in [0.5, 0.6) is 0 Å². The van der Waals surface area contributed by atoms with E-state index in [-0.39, 0.29) is 5.91 Å². The summed E-state index contributed by atoms with van der Waals surface area (Å²) >= 11 is 0. The van der Waals surface area contributed by atoms with E-state index < -0.39 is 12.1 Å². The zero-order chi connectivity index (χ0) is 11.6. The van der Waals surface area contributed by atoms with E-state index in [0.717, 1.165) is 0 Å². The van der Waals surface area contributed by atoms with Gasteiger partial charge in [0.15, 0.2) is 0 Å². The standard InChI is InChI=1S/C9H16FNO.C2H6/c1-4-5-6-11-8(12)9(2,3)7-10;1-2/h4-5H,6-7H2,1-3H3,(H,11,12);1-2H3/b5-4+;. The number of allylic oxidation sites excluding steroid dienone is 1. The average molecular weight is 203 g/mol. The summed E-state index contributed by atoms with van der Waals surface area (Å²) in [6.07, 6.45) is 3.65. The van der Waals surface area contributed by atoms with Crippen molar-refractivity contribution < 1.29 is 9.18 Å². The van der Waals surface area contributed by atoms with Crippen LogP contribution in [0, 0.1) is 5.41 Å². The quantitative estimate of drug-likeness (QED) is 0.699. The Hall–Kier alpha value is -0.860. The van der Waals surface area contributed by atoms with Crippen molar-refractivity contribution in [2.75, 3.05) is 13.2 Å². The molecular weight excluding hydrogens is 181 g/mol. The number of hydrogen-bond acceptors (Lipinski definition) is 1. The first-order valence-corrected chi connectivity index (χ1v) is 5.00. The molecule has 14 heavy (non-hydrogen) atoms. The zero-order valence-electron chi connectivity index (χ0n) is 9.86. The van der Waals surface area contributed by atoms with Gasteiger partial charge >= 0.3 is 0 Å². The second kappa shape index (κ2) is 8.73. The fourth-order valence-electron chi connectivity index (χ4n) is 0.569. The first-order chi connectivity index (χ1) is 6.54. The van der Waals surface area contributed by atoms with E-state index in [4.69, 9.17) is 0 Å². The summed E-state index contributed by atoms with van der Waals surface area (Å²) in [5.74, 6) is -0.247. The molecule has 0 aromatic carbocycles. The predicted octanol–water partition coefficient (Wildman–Crippen LogP) is 2.70. The highest BCUT2D eigenvalue weighted by atomic mass is 19.1. The lowest BCUT2D eigenvalue weighted by Gasteiger charge is -2.18. The molecular formula is C11H22FNO. The van der Waals surface area contributed by atoms with Gasteiger partial charge in [0.2, 0.25) is 5.91 Å². The predicted molar refractivity (Wildman–Crippen MR) is 58.9 cm³/mol. The first-order valence-electron chi connectivity index (χ1n) is 5.00. The third-order valence-electron chi connectivity index (χ3n) is 1.56. The summed E-state index contributed by atoms with van der Waals surface area (Å²) < 4.78 is 12.3. The second-order valence-electron chi connectivity index (χ2n) is 3.30. The topological polar surface area (TPSA) is 29.1 Å². The number of carbonyl (C=O) groups excluding carboxylic acids is 1. The number of halogens is 1. The highest BCUT2D eigenvalue weighted by Gasteiger charge is 2.26. The number of amides is 1. The van der Waals surface area contributed by atoms with Gasteiger partial charge in [-0.05, 0) is 20.8 Å². The summed E-state index contributed by atoms with van der Waals surface area (Å²) in [4.78, 5) is 11.2. The minimum Gasteiger partial charge on any atom is -0.352 e. The highest BCUT2D eigenvalue weighted by molar-refractivity contribution is 5.82.